The van der Waals surface area contributed by atoms with E-state index in [-0.39, 0.29) is 6.10 Å². The van der Waals surface area contributed by atoms with Crippen LogP contribution in [-0.2, 0) is 0 Å². The molecular formula is C15H21NO3. The van der Waals surface area contributed by atoms with Crippen molar-refractivity contribution >= 4 is 0 Å². The maximum atomic E-state index is 10.1. The average Bonchev–Trinajstić information content (AvgIpc) is 2.37. The van der Waals surface area contributed by atoms with Crippen LogP contribution in [0.4, 0.5) is 0 Å². The Morgan fingerprint density at radius 2 is 2.16 bits per heavy atom. The molecule has 0 aliphatic carbocycles. The molecule has 2 aliphatic rings. The third-order valence-corrected chi connectivity index (χ3v) is 3.78. The highest BCUT2D eigenvalue weighted by Crippen LogP contribution is 2.31. The van der Waals surface area contributed by atoms with Gasteiger partial charge in [-0.25, -0.2) is 0 Å². The smallest absolute Gasteiger partial charge is 0.161 e. The molecule has 0 saturated carbocycles. The number of likely N-dealkylation sites (tertiary alicyclic amines) is 1. The lowest BCUT2D eigenvalue weighted by atomic mass is 9.95. The molecule has 2 atom stereocenters. The Labute approximate surface area is 113 Å². The topological polar surface area (TPSA) is 41.9 Å². The fourth-order valence-electron chi connectivity index (χ4n) is 2.92. The van der Waals surface area contributed by atoms with E-state index in [0.29, 0.717) is 13.2 Å². The Hall–Kier alpha value is -1.26. The van der Waals surface area contributed by atoms with Crippen LogP contribution in [0.3, 0.4) is 0 Å². The first kappa shape index (κ1) is 12.8. The van der Waals surface area contributed by atoms with E-state index < -0.39 is 5.60 Å². The number of rotatable bonds is 2. The predicted molar refractivity (Wildman–Crippen MR) is 72.7 cm³/mol. The first-order valence-electron chi connectivity index (χ1n) is 6.96. The van der Waals surface area contributed by atoms with Gasteiger partial charge in [-0.15, -0.1) is 0 Å². The fourth-order valence-corrected chi connectivity index (χ4v) is 2.92. The molecule has 0 aromatic heterocycles. The number of nitrogens with zero attached hydrogens (tertiary/aromatic N) is 1. The second kappa shape index (κ2) is 5.02. The second-order valence-corrected chi connectivity index (χ2v) is 5.83. The van der Waals surface area contributed by atoms with Crippen LogP contribution in [0, 0.1) is 0 Å². The summed E-state index contributed by atoms with van der Waals surface area (Å²) in [5.41, 5.74) is -0.564. The maximum Gasteiger partial charge on any atom is 0.161 e. The van der Waals surface area contributed by atoms with Crippen LogP contribution in [0.15, 0.2) is 24.3 Å². The van der Waals surface area contributed by atoms with Gasteiger partial charge in [0, 0.05) is 13.1 Å². The van der Waals surface area contributed by atoms with Crippen molar-refractivity contribution in [2.24, 2.45) is 0 Å². The van der Waals surface area contributed by atoms with Crippen molar-refractivity contribution in [2.45, 2.75) is 31.5 Å². The van der Waals surface area contributed by atoms with Gasteiger partial charge in [-0.2, -0.15) is 0 Å². The summed E-state index contributed by atoms with van der Waals surface area (Å²) < 4.78 is 11.7. The average molecular weight is 263 g/mol. The van der Waals surface area contributed by atoms with E-state index in [9.17, 15) is 5.11 Å². The number of β-amino-alcohol motifs (C(OH)–C–C–N with tert-alkyl or cyclic N) is 1. The van der Waals surface area contributed by atoms with E-state index in [2.05, 4.69) is 4.90 Å². The van der Waals surface area contributed by atoms with Crippen molar-refractivity contribution in [3.8, 4) is 11.5 Å². The molecule has 1 N–H and O–H groups in total. The Bertz CT molecular complexity index is 447. The van der Waals surface area contributed by atoms with Crippen LogP contribution in [-0.4, -0.2) is 48.0 Å². The molecule has 0 spiro atoms. The Kier molecular flexibility index (Phi) is 3.37. The lowest BCUT2D eigenvalue weighted by molar-refractivity contribution is -0.0325. The number of piperidine rings is 1. The summed E-state index contributed by atoms with van der Waals surface area (Å²) in [6.07, 6.45) is 1.97. The molecule has 1 aromatic carbocycles. The Morgan fingerprint density at radius 1 is 1.37 bits per heavy atom. The first-order chi connectivity index (χ1) is 9.12. The minimum absolute atomic E-state index is 0.0452. The fraction of sp³-hybridized carbons (Fsp3) is 0.600. The van der Waals surface area contributed by atoms with Gasteiger partial charge in [-0.05, 0) is 38.4 Å². The van der Waals surface area contributed by atoms with Crippen LogP contribution < -0.4 is 9.47 Å². The maximum absolute atomic E-state index is 10.1. The molecule has 104 valence electrons. The van der Waals surface area contributed by atoms with Crippen LogP contribution >= 0.6 is 0 Å². The van der Waals surface area contributed by atoms with E-state index in [1.807, 2.05) is 31.2 Å². The van der Waals surface area contributed by atoms with E-state index in [1.165, 1.54) is 0 Å². The minimum atomic E-state index is -0.564. The largest absolute Gasteiger partial charge is 0.486 e. The summed E-state index contributed by atoms with van der Waals surface area (Å²) in [5, 5.41) is 10.1. The zero-order valence-electron chi connectivity index (χ0n) is 11.3. The van der Waals surface area contributed by atoms with Crippen LogP contribution in [0.1, 0.15) is 19.8 Å². The standard InChI is InChI=1S/C15H21NO3/c1-15(17)7-4-8-16(11-15)9-12-10-18-13-5-2-3-6-14(13)19-12/h2-3,5-6,12,17H,4,7-11H2,1H3. The summed E-state index contributed by atoms with van der Waals surface area (Å²) >= 11 is 0. The highest BCUT2D eigenvalue weighted by Gasteiger charge is 2.31. The van der Waals surface area contributed by atoms with Gasteiger partial charge in [-0.1, -0.05) is 12.1 Å². The number of hydrogen-bond donors (Lipinski definition) is 1. The molecule has 4 nitrogen and oxygen atoms in total. The molecular weight excluding hydrogens is 242 g/mol. The highest BCUT2D eigenvalue weighted by molar-refractivity contribution is 5.40. The van der Waals surface area contributed by atoms with Gasteiger partial charge in [0.05, 0.1) is 5.60 Å². The molecule has 1 saturated heterocycles. The van der Waals surface area contributed by atoms with Crippen molar-refractivity contribution in [1.82, 2.24) is 4.90 Å². The second-order valence-electron chi connectivity index (χ2n) is 5.83. The van der Waals surface area contributed by atoms with Gasteiger partial charge in [0.15, 0.2) is 11.5 Å². The molecule has 1 aromatic rings. The number of hydrogen-bond acceptors (Lipinski definition) is 4. The summed E-state index contributed by atoms with van der Waals surface area (Å²) in [7, 11) is 0. The zero-order chi connectivity index (χ0) is 13.3. The summed E-state index contributed by atoms with van der Waals surface area (Å²) in [4.78, 5) is 2.27. The van der Waals surface area contributed by atoms with Crippen molar-refractivity contribution in [3.63, 3.8) is 0 Å². The van der Waals surface area contributed by atoms with Gasteiger partial charge in [0.2, 0.25) is 0 Å². The monoisotopic (exact) mass is 263 g/mol. The zero-order valence-corrected chi connectivity index (χ0v) is 11.3. The van der Waals surface area contributed by atoms with Crippen LogP contribution in [0.2, 0.25) is 0 Å². The predicted octanol–water partition coefficient (Wildman–Crippen LogP) is 1.67. The third kappa shape index (κ3) is 3.01. The number of benzene rings is 1. The summed E-state index contributed by atoms with van der Waals surface area (Å²) in [6.45, 7) is 5.04. The highest BCUT2D eigenvalue weighted by atomic mass is 16.6. The van der Waals surface area contributed by atoms with Crippen molar-refractivity contribution < 1.29 is 14.6 Å². The van der Waals surface area contributed by atoms with Gasteiger partial charge in [-0.3, -0.25) is 4.90 Å². The van der Waals surface area contributed by atoms with Gasteiger partial charge in [0.1, 0.15) is 12.7 Å². The van der Waals surface area contributed by atoms with Gasteiger partial charge < -0.3 is 14.6 Å². The molecule has 4 heteroatoms. The van der Waals surface area contributed by atoms with Gasteiger partial charge >= 0.3 is 0 Å². The molecule has 0 amide bonds. The first-order valence-corrected chi connectivity index (χ1v) is 6.96. The minimum Gasteiger partial charge on any atom is -0.486 e. The van der Waals surface area contributed by atoms with Crippen molar-refractivity contribution in [2.75, 3.05) is 26.2 Å². The molecule has 19 heavy (non-hydrogen) atoms. The van der Waals surface area contributed by atoms with Gasteiger partial charge in [0.25, 0.3) is 0 Å². The molecule has 2 unspecified atom stereocenters. The number of ether oxygens (including phenoxy) is 2. The Morgan fingerprint density at radius 3 is 2.95 bits per heavy atom. The Balaban J connectivity index is 1.60. The number of fused-ring (bicyclic) bond motifs is 1. The summed E-state index contributed by atoms with van der Waals surface area (Å²) in [5.74, 6) is 1.65. The lowest BCUT2D eigenvalue weighted by Crippen LogP contribution is -2.50. The molecule has 2 aliphatic heterocycles. The van der Waals surface area contributed by atoms with Crippen molar-refractivity contribution in [1.29, 1.82) is 0 Å². The number of para-hydroxylation sites is 2. The van der Waals surface area contributed by atoms with E-state index in [0.717, 1.165) is 37.4 Å². The van der Waals surface area contributed by atoms with E-state index in [4.69, 9.17) is 9.47 Å². The molecule has 2 heterocycles. The molecule has 1 fully saturated rings. The molecule has 3 rings (SSSR count). The van der Waals surface area contributed by atoms with Crippen molar-refractivity contribution in [3.05, 3.63) is 24.3 Å². The third-order valence-electron chi connectivity index (χ3n) is 3.78. The molecule has 0 radical (unpaired) electrons. The number of aliphatic hydroxyl groups is 1. The summed E-state index contributed by atoms with van der Waals surface area (Å²) in [6, 6.07) is 7.77. The quantitative estimate of drug-likeness (QED) is 0.881. The SMILES string of the molecule is CC1(O)CCCN(CC2COc3ccccc3O2)C1. The van der Waals surface area contributed by atoms with E-state index in [1.54, 1.807) is 0 Å². The molecule has 0 bridgehead atoms. The van der Waals surface area contributed by atoms with Crippen LogP contribution in [0.5, 0.6) is 11.5 Å². The van der Waals surface area contributed by atoms with E-state index >= 15 is 0 Å². The van der Waals surface area contributed by atoms with Crippen LogP contribution in [0.25, 0.3) is 0 Å². The lowest BCUT2D eigenvalue weighted by Gasteiger charge is -2.39. The normalized spacial score (nSPS) is 31.2.